The molecule has 5 rings (SSSR count). The summed E-state index contributed by atoms with van der Waals surface area (Å²) >= 11 is 0. The van der Waals surface area contributed by atoms with Gasteiger partial charge < -0.3 is 39.1 Å². The molecular formula is C42H50N6O8. The van der Waals surface area contributed by atoms with E-state index in [0.717, 1.165) is 21.4 Å². The van der Waals surface area contributed by atoms with E-state index in [1.54, 1.807) is 95.4 Å². The molecule has 0 saturated heterocycles. The molecule has 0 unspecified atom stereocenters. The number of carbonyl (C=O) groups is 2. The van der Waals surface area contributed by atoms with E-state index in [9.17, 15) is 9.59 Å². The van der Waals surface area contributed by atoms with Crippen LogP contribution in [0.3, 0.4) is 0 Å². The normalized spacial score (nSPS) is 11.5. The van der Waals surface area contributed by atoms with Gasteiger partial charge in [0.05, 0.1) is 70.2 Å². The van der Waals surface area contributed by atoms with Gasteiger partial charge in [-0.2, -0.15) is 4.90 Å². The van der Waals surface area contributed by atoms with Crippen molar-refractivity contribution in [1.82, 2.24) is 15.0 Å². The maximum atomic E-state index is 13.7. The molecular weight excluding hydrogens is 716 g/mol. The number of anilines is 3. The lowest BCUT2D eigenvalue weighted by molar-refractivity contribution is 0.0430. The van der Waals surface area contributed by atoms with E-state index in [0.29, 0.717) is 56.8 Å². The van der Waals surface area contributed by atoms with Gasteiger partial charge in [-0.15, -0.1) is 0 Å². The summed E-state index contributed by atoms with van der Waals surface area (Å²) in [5.74, 6) is 3.27. The number of rotatable bonds is 11. The topological polar surface area (TPSA) is 161 Å². The first kappa shape index (κ1) is 40.9. The van der Waals surface area contributed by atoms with Gasteiger partial charge in [0.25, 0.3) is 0 Å². The highest BCUT2D eigenvalue weighted by atomic mass is 16.6. The monoisotopic (exact) mass is 766 g/mol. The Morgan fingerprint density at radius 3 is 1.64 bits per heavy atom. The number of methoxy groups -OCH3 is 4. The van der Waals surface area contributed by atoms with Gasteiger partial charge in [0, 0.05) is 23.3 Å². The average molecular weight is 767 g/mol. The zero-order chi connectivity index (χ0) is 40.9. The zero-order valence-electron chi connectivity index (χ0n) is 33.8. The minimum atomic E-state index is -0.914. The Balaban J connectivity index is 1.78. The van der Waals surface area contributed by atoms with Crippen LogP contribution in [-0.4, -0.2) is 66.8 Å². The summed E-state index contributed by atoms with van der Waals surface area (Å²) in [5.41, 5.74) is 7.67. The Morgan fingerprint density at radius 2 is 1.20 bits per heavy atom. The third-order valence-corrected chi connectivity index (χ3v) is 8.63. The van der Waals surface area contributed by atoms with Crippen molar-refractivity contribution in [2.24, 2.45) is 0 Å². The fourth-order valence-corrected chi connectivity index (χ4v) is 6.17. The molecule has 5 aromatic rings. The number of nitrogen functional groups attached to an aromatic ring is 1. The maximum Gasteiger partial charge on any atom is 0.424 e. The molecule has 0 spiro atoms. The summed E-state index contributed by atoms with van der Waals surface area (Å²) in [4.78, 5) is 44.5. The lowest BCUT2D eigenvalue weighted by Crippen LogP contribution is -2.44. The molecule has 0 aliphatic rings. The first-order valence-electron chi connectivity index (χ1n) is 17.9. The standard InChI is InChI=1S/C42H50N6O8/c1-25-27(20-44-22-32(25)48(39(49)55-41(2,3)4)40(50)56-42(5,6)7)31-18-26-19-37(43)45-21-28(26)38(46-31)47(23-29-33(51-8)14-12-15-34(29)52-9)24-30-35(53-10)16-13-17-36(30)54-11/h12-22H,23-24H2,1-11H3,(H2,43,45). The Morgan fingerprint density at radius 1 is 0.714 bits per heavy atom. The molecule has 0 bridgehead atoms. The maximum absolute atomic E-state index is 13.7. The molecule has 2 amide bonds. The van der Waals surface area contributed by atoms with Crippen molar-refractivity contribution in [2.45, 2.75) is 72.8 Å². The second-order valence-corrected chi connectivity index (χ2v) is 14.9. The third kappa shape index (κ3) is 9.13. The van der Waals surface area contributed by atoms with E-state index in [1.807, 2.05) is 47.4 Å². The molecule has 2 aromatic carbocycles. The number of fused-ring (bicyclic) bond motifs is 1. The van der Waals surface area contributed by atoms with E-state index in [1.165, 1.54) is 6.20 Å². The van der Waals surface area contributed by atoms with E-state index in [-0.39, 0.29) is 18.8 Å². The molecule has 3 heterocycles. The Kier molecular flexibility index (Phi) is 12.1. The molecule has 56 heavy (non-hydrogen) atoms. The number of pyridine rings is 3. The first-order valence-corrected chi connectivity index (χ1v) is 17.9. The average Bonchev–Trinajstić information content (AvgIpc) is 3.13. The van der Waals surface area contributed by atoms with Crippen molar-refractivity contribution < 1.29 is 38.0 Å². The Bertz CT molecular complexity index is 2100. The van der Waals surface area contributed by atoms with Crippen LogP contribution in [0.5, 0.6) is 23.0 Å². The molecule has 0 radical (unpaired) electrons. The number of benzene rings is 2. The van der Waals surface area contributed by atoms with Gasteiger partial charge in [-0.05, 0) is 95.8 Å². The molecule has 0 aliphatic heterocycles. The molecule has 14 nitrogen and oxygen atoms in total. The largest absolute Gasteiger partial charge is 0.496 e. The molecule has 3 aromatic heterocycles. The first-order chi connectivity index (χ1) is 26.5. The number of nitrogens with two attached hydrogens (primary N) is 1. The molecule has 2 N–H and O–H groups in total. The van der Waals surface area contributed by atoms with Crippen LogP contribution < -0.4 is 34.5 Å². The molecule has 0 atom stereocenters. The molecule has 0 saturated carbocycles. The second kappa shape index (κ2) is 16.6. The van der Waals surface area contributed by atoms with Crippen molar-refractivity contribution >= 4 is 40.3 Å². The van der Waals surface area contributed by atoms with Crippen molar-refractivity contribution in [3.05, 3.63) is 83.8 Å². The highest BCUT2D eigenvalue weighted by Gasteiger charge is 2.34. The van der Waals surface area contributed by atoms with E-state index >= 15 is 0 Å². The lowest BCUT2D eigenvalue weighted by atomic mass is 10.0. The number of hydrogen-bond acceptors (Lipinski definition) is 13. The highest BCUT2D eigenvalue weighted by molar-refractivity contribution is 6.10. The number of nitrogens with zero attached hydrogens (tertiary/aromatic N) is 5. The van der Waals surface area contributed by atoms with Crippen LogP contribution in [0.25, 0.3) is 22.0 Å². The molecule has 0 fully saturated rings. The van der Waals surface area contributed by atoms with Crippen LogP contribution in [0, 0.1) is 6.92 Å². The van der Waals surface area contributed by atoms with Gasteiger partial charge in [-0.3, -0.25) is 4.98 Å². The minimum Gasteiger partial charge on any atom is -0.496 e. The summed E-state index contributed by atoms with van der Waals surface area (Å²) < 4.78 is 34.6. The van der Waals surface area contributed by atoms with Crippen LogP contribution >= 0.6 is 0 Å². The lowest BCUT2D eigenvalue weighted by Gasteiger charge is -2.30. The summed E-state index contributed by atoms with van der Waals surface area (Å²) in [6, 6.07) is 14.8. The Labute approximate surface area is 327 Å². The third-order valence-electron chi connectivity index (χ3n) is 8.63. The molecule has 14 heteroatoms. The van der Waals surface area contributed by atoms with E-state index in [2.05, 4.69) is 9.97 Å². The van der Waals surface area contributed by atoms with Crippen LogP contribution in [0.2, 0.25) is 0 Å². The van der Waals surface area contributed by atoms with E-state index < -0.39 is 23.4 Å². The fraction of sp³-hybridized carbons (Fsp3) is 0.357. The van der Waals surface area contributed by atoms with Crippen molar-refractivity contribution in [3.63, 3.8) is 0 Å². The van der Waals surface area contributed by atoms with Crippen molar-refractivity contribution in [2.75, 3.05) is 44.0 Å². The van der Waals surface area contributed by atoms with Crippen LogP contribution in [0.15, 0.2) is 67.1 Å². The predicted molar refractivity (Wildman–Crippen MR) is 216 cm³/mol. The predicted octanol–water partition coefficient (Wildman–Crippen LogP) is 8.50. The number of ether oxygens (including phenoxy) is 6. The number of carbonyl (C=O) groups excluding carboxylic acids is 2. The van der Waals surface area contributed by atoms with Gasteiger partial charge in [0.2, 0.25) is 0 Å². The van der Waals surface area contributed by atoms with Gasteiger partial charge in [-0.1, -0.05) is 12.1 Å². The van der Waals surface area contributed by atoms with Crippen molar-refractivity contribution in [1.29, 1.82) is 0 Å². The summed E-state index contributed by atoms with van der Waals surface area (Å²) in [7, 11) is 6.42. The SMILES string of the molecule is COc1cccc(OC)c1CN(Cc1c(OC)cccc1OC)c1nc(-c2cncc(N(C(=O)OC(C)(C)C)C(=O)OC(C)(C)C)c2C)cc2cc(N)ncc12. The fourth-order valence-electron chi connectivity index (χ4n) is 6.17. The number of amides is 2. The van der Waals surface area contributed by atoms with Gasteiger partial charge in [-0.25, -0.2) is 19.6 Å². The quantitative estimate of drug-likeness (QED) is 0.136. The van der Waals surface area contributed by atoms with Crippen LogP contribution in [0.1, 0.15) is 58.2 Å². The van der Waals surface area contributed by atoms with Crippen molar-refractivity contribution in [3.8, 4) is 34.3 Å². The number of hydrogen-bond donors (Lipinski definition) is 1. The summed E-state index contributed by atoms with van der Waals surface area (Å²) in [6.45, 7) is 12.6. The highest BCUT2D eigenvalue weighted by Crippen LogP contribution is 2.40. The smallest absolute Gasteiger partial charge is 0.424 e. The van der Waals surface area contributed by atoms with Gasteiger partial charge >= 0.3 is 12.2 Å². The summed E-state index contributed by atoms with van der Waals surface area (Å²) in [5, 5.41) is 1.42. The zero-order valence-corrected chi connectivity index (χ0v) is 33.8. The summed E-state index contributed by atoms with van der Waals surface area (Å²) in [6.07, 6.45) is 2.90. The minimum absolute atomic E-state index is 0.165. The molecule has 0 aliphatic carbocycles. The number of aromatic nitrogens is 3. The molecule has 296 valence electrons. The van der Waals surface area contributed by atoms with E-state index in [4.69, 9.17) is 39.1 Å². The van der Waals surface area contributed by atoms with Crippen LogP contribution in [-0.2, 0) is 22.6 Å². The van der Waals surface area contributed by atoms with Crippen LogP contribution in [0.4, 0.5) is 26.9 Å². The van der Waals surface area contributed by atoms with Gasteiger partial charge in [0.1, 0.15) is 45.8 Å². The second-order valence-electron chi connectivity index (χ2n) is 14.9. The van der Waals surface area contributed by atoms with Gasteiger partial charge in [0.15, 0.2) is 0 Å². The Hall–Kier alpha value is -6.31. The number of imide groups is 1.